The summed E-state index contributed by atoms with van der Waals surface area (Å²) in [7, 11) is 3.39. The van der Waals surface area contributed by atoms with Crippen LogP contribution in [0.5, 0.6) is 11.5 Å². The van der Waals surface area contributed by atoms with Crippen molar-refractivity contribution >= 4 is 6.21 Å². The highest BCUT2D eigenvalue weighted by atomic mass is 127. The fraction of sp³-hybridized carbons (Fsp3) is 0.462. The third-order valence-corrected chi connectivity index (χ3v) is 3.04. The molecular formula is C13H18INO2. The summed E-state index contributed by atoms with van der Waals surface area (Å²) in [5.74, 6) is 1.77. The highest BCUT2D eigenvalue weighted by Gasteiger charge is 2.19. The predicted octanol–water partition coefficient (Wildman–Crippen LogP) is -1.28. The first-order valence-electron chi connectivity index (χ1n) is 5.62. The molecule has 0 aromatic heterocycles. The molecule has 0 unspecified atom stereocenters. The summed E-state index contributed by atoms with van der Waals surface area (Å²) in [6.45, 7) is 4.27. The van der Waals surface area contributed by atoms with Crippen molar-refractivity contribution in [1.29, 1.82) is 0 Å². The monoisotopic (exact) mass is 347 g/mol. The van der Waals surface area contributed by atoms with Crippen LogP contribution in [0.3, 0.4) is 0 Å². The Bertz CT molecular complexity index is 430. The quantitative estimate of drug-likeness (QED) is 0.502. The van der Waals surface area contributed by atoms with E-state index in [-0.39, 0.29) is 24.0 Å². The molecule has 1 aliphatic heterocycles. The summed E-state index contributed by atoms with van der Waals surface area (Å²) in [6.07, 6.45) is 3.23. The van der Waals surface area contributed by atoms with Crippen LogP contribution in [0.2, 0.25) is 0 Å². The molecule has 0 saturated carbocycles. The number of hydrogen-bond donors (Lipinski definition) is 0. The average molecular weight is 347 g/mol. The molecule has 0 radical (unpaired) electrons. The van der Waals surface area contributed by atoms with E-state index in [9.17, 15) is 0 Å². The number of ether oxygens (including phenoxy) is 2. The van der Waals surface area contributed by atoms with Gasteiger partial charge in [-0.1, -0.05) is 0 Å². The summed E-state index contributed by atoms with van der Waals surface area (Å²) >= 11 is 0. The number of halogens is 1. The van der Waals surface area contributed by atoms with E-state index in [0.29, 0.717) is 0 Å². The Hall–Kier alpha value is -0.780. The number of benzene rings is 1. The second-order valence-electron chi connectivity index (χ2n) is 3.91. The lowest BCUT2D eigenvalue weighted by Crippen LogP contribution is -3.00. The van der Waals surface area contributed by atoms with Crippen LogP contribution in [-0.4, -0.2) is 38.1 Å². The standard InChI is InChI=1S/C13H18NO2.HI/c1-4-14-6-5-10-7-11(15-2)8-13(16-3)12(10)9-14;/h7-9H,4-6H2,1-3H3;1H/q+1;/p-1. The Kier molecular flexibility index (Phi) is 5.24. The van der Waals surface area contributed by atoms with Gasteiger partial charge in [0.05, 0.1) is 19.8 Å². The summed E-state index contributed by atoms with van der Waals surface area (Å²) in [5.41, 5.74) is 2.50. The Balaban J connectivity index is 0.00000144. The third kappa shape index (κ3) is 2.91. The maximum absolute atomic E-state index is 5.41. The molecule has 1 aromatic carbocycles. The van der Waals surface area contributed by atoms with Crippen molar-refractivity contribution < 1.29 is 38.0 Å². The number of nitrogens with zero attached hydrogens (tertiary/aromatic N) is 1. The van der Waals surface area contributed by atoms with E-state index in [2.05, 4.69) is 23.8 Å². The zero-order valence-electron chi connectivity index (χ0n) is 10.5. The largest absolute Gasteiger partial charge is 1.00 e. The van der Waals surface area contributed by atoms with E-state index in [1.807, 2.05) is 6.07 Å². The van der Waals surface area contributed by atoms with Crippen LogP contribution >= 0.6 is 0 Å². The van der Waals surface area contributed by atoms with Crippen molar-refractivity contribution in [2.75, 3.05) is 27.3 Å². The van der Waals surface area contributed by atoms with Crippen LogP contribution in [0.15, 0.2) is 12.1 Å². The number of likely N-dealkylation sites (N-methyl/N-ethyl adjacent to an activating group) is 1. The van der Waals surface area contributed by atoms with Crippen molar-refractivity contribution in [3.8, 4) is 11.5 Å². The minimum atomic E-state index is 0. The van der Waals surface area contributed by atoms with Crippen molar-refractivity contribution in [1.82, 2.24) is 0 Å². The molecule has 0 amide bonds. The number of methoxy groups -OCH3 is 2. The van der Waals surface area contributed by atoms with Crippen LogP contribution in [-0.2, 0) is 6.42 Å². The number of fused-ring (bicyclic) bond motifs is 1. The number of rotatable bonds is 3. The molecule has 1 heterocycles. The fourth-order valence-electron chi connectivity index (χ4n) is 2.06. The van der Waals surface area contributed by atoms with Gasteiger partial charge in [0.2, 0.25) is 0 Å². The zero-order valence-corrected chi connectivity index (χ0v) is 12.7. The van der Waals surface area contributed by atoms with Gasteiger partial charge in [-0.05, 0) is 18.6 Å². The molecule has 1 aliphatic rings. The molecule has 94 valence electrons. The van der Waals surface area contributed by atoms with Gasteiger partial charge in [0.1, 0.15) is 24.6 Å². The zero-order chi connectivity index (χ0) is 11.5. The summed E-state index contributed by atoms with van der Waals surface area (Å²) < 4.78 is 13.0. The molecule has 0 bridgehead atoms. The van der Waals surface area contributed by atoms with Gasteiger partial charge >= 0.3 is 0 Å². The second kappa shape index (κ2) is 6.23. The molecule has 17 heavy (non-hydrogen) atoms. The van der Waals surface area contributed by atoms with Gasteiger partial charge in [-0.15, -0.1) is 0 Å². The van der Waals surface area contributed by atoms with E-state index in [0.717, 1.165) is 31.0 Å². The lowest BCUT2D eigenvalue weighted by molar-refractivity contribution is -0.520. The van der Waals surface area contributed by atoms with Crippen LogP contribution in [0.4, 0.5) is 0 Å². The molecule has 3 nitrogen and oxygen atoms in total. The molecule has 0 fully saturated rings. The highest BCUT2D eigenvalue weighted by Crippen LogP contribution is 2.29. The lowest BCUT2D eigenvalue weighted by atomic mass is 10.0. The molecular weight excluding hydrogens is 329 g/mol. The lowest BCUT2D eigenvalue weighted by Gasteiger charge is -2.15. The predicted molar refractivity (Wildman–Crippen MR) is 64.1 cm³/mol. The van der Waals surface area contributed by atoms with E-state index >= 15 is 0 Å². The first-order valence-corrected chi connectivity index (χ1v) is 5.62. The topological polar surface area (TPSA) is 21.5 Å². The molecule has 0 aliphatic carbocycles. The van der Waals surface area contributed by atoms with E-state index < -0.39 is 0 Å². The Morgan fingerprint density at radius 2 is 2.00 bits per heavy atom. The van der Waals surface area contributed by atoms with Gasteiger partial charge in [0.25, 0.3) is 0 Å². The van der Waals surface area contributed by atoms with E-state index in [1.54, 1.807) is 14.2 Å². The second-order valence-corrected chi connectivity index (χ2v) is 3.91. The SMILES string of the molecule is CC[N+]1=Cc2c(cc(OC)cc2OC)CC1.[I-]. The van der Waals surface area contributed by atoms with Crippen LogP contribution in [0.1, 0.15) is 18.1 Å². The molecule has 2 rings (SSSR count). The van der Waals surface area contributed by atoms with E-state index in [1.165, 1.54) is 11.1 Å². The van der Waals surface area contributed by atoms with Crippen molar-refractivity contribution in [3.05, 3.63) is 23.3 Å². The Morgan fingerprint density at radius 3 is 2.59 bits per heavy atom. The molecule has 4 heteroatoms. The van der Waals surface area contributed by atoms with Crippen molar-refractivity contribution in [2.24, 2.45) is 0 Å². The van der Waals surface area contributed by atoms with Crippen LogP contribution in [0, 0.1) is 0 Å². The van der Waals surface area contributed by atoms with Gasteiger partial charge in [0, 0.05) is 12.5 Å². The molecule has 0 atom stereocenters. The maximum atomic E-state index is 5.41. The fourth-order valence-corrected chi connectivity index (χ4v) is 2.06. The normalized spacial score (nSPS) is 13.2. The first kappa shape index (κ1) is 14.3. The Morgan fingerprint density at radius 1 is 1.24 bits per heavy atom. The highest BCUT2D eigenvalue weighted by molar-refractivity contribution is 5.83. The Labute approximate surface area is 119 Å². The van der Waals surface area contributed by atoms with Crippen LogP contribution < -0.4 is 33.5 Å². The van der Waals surface area contributed by atoms with Gasteiger partial charge in [-0.2, -0.15) is 0 Å². The van der Waals surface area contributed by atoms with Gasteiger partial charge in [-0.3, -0.25) is 0 Å². The number of hydrogen-bond acceptors (Lipinski definition) is 2. The van der Waals surface area contributed by atoms with Crippen molar-refractivity contribution in [2.45, 2.75) is 13.3 Å². The van der Waals surface area contributed by atoms with Crippen molar-refractivity contribution in [3.63, 3.8) is 0 Å². The van der Waals surface area contributed by atoms with Crippen LogP contribution in [0.25, 0.3) is 0 Å². The summed E-state index contributed by atoms with van der Waals surface area (Å²) in [6, 6.07) is 4.04. The summed E-state index contributed by atoms with van der Waals surface area (Å²) in [4.78, 5) is 0. The molecule has 1 aromatic rings. The molecule has 0 N–H and O–H groups in total. The average Bonchev–Trinajstić information content (AvgIpc) is 2.36. The maximum Gasteiger partial charge on any atom is 0.174 e. The van der Waals surface area contributed by atoms with Gasteiger partial charge in [0.15, 0.2) is 6.21 Å². The molecule has 0 saturated heterocycles. The minimum Gasteiger partial charge on any atom is -1.00 e. The molecule has 0 spiro atoms. The first-order chi connectivity index (χ1) is 7.78. The smallest absolute Gasteiger partial charge is 0.174 e. The van der Waals surface area contributed by atoms with Gasteiger partial charge < -0.3 is 33.5 Å². The third-order valence-electron chi connectivity index (χ3n) is 3.04. The summed E-state index contributed by atoms with van der Waals surface area (Å²) in [5, 5.41) is 0. The minimum absolute atomic E-state index is 0. The van der Waals surface area contributed by atoms with Gasteiger partial charge in [-0.25, -0.2) is 4.58 Å². The van der Waals surface area contributed by atoms with E-state index in [4.69, 9.17) is 9.47 Å².